The van der Waals surface area contributed by atoms with Crippen LogP contribution in [-0.4, -0.2) is 26.3 Å². The molecule has 0 atom stereocenters. The third-order valence-electron chi connectivity index (χ3n) is 1.99. The highest BCUT2D eigenvalue weighted by Crippen LogP contribution is 2.12. The zero-order valence-electron chi connectivity index (χ0n) is 9.43. The van der Waals surface area contributed by atoms with Gasteiger partial charge in [0.1, 0.15) is 0 Å². The van der Waals surface area contributed by atoms with E-state index in [1.54, 1.807) is 7.11 Å². The average Bonchev–Trinajstić information content (AvgIpc) is 2.30. The van der Waals surface area contributed by atoms with Gasteiger partial charge in [-0.1, -0.05) is 0 Å². The fourth-order valence-corrected chi connectivity index (χ4v) is 1.17. The van der Waals surface area contributed by atoms with Crippen LogP contribution in [0, 0.1) is 11.6 Å². The molecule has 0 bridgehead atoms. The molecule has 0 saturated heterocycles. The van der Waals surface area contributed by atoms with Crippen molar-refractivity contribution in [1.82, 2.24) is 5.32 Å². The summed E-state index contributed by atoms with van der Waals surface area (Å²) in [7, 11) is 1.57. The molecule has 0 aliphatic carbocycles. The number of benzene rings is 1. The highest BCUT2D eigenvalue weighted by Gasteiger charge is 2.05. The Morgan fingerprint density at radius 1 is 1.35 bits per heavy atom. The first-order valence-electron chi connectivity index (χ1n) is 5.12. The minimum Gasteiger partial charge on any atom is -0.385 e. The Hall–Kier alpha value is -1.69. The van der Waals surface area contributed by atoms with Crippen molar-refractivity contribution in [3.63, 3.8) is 0 Å². The molecule has 1 aromatic carbocycles. The smallest absolute Gasteiger partial charge is 0.319 e. The lowest BCUT2D eigenvalue weighted by atomic mass is 10.3. The third-order valence-corrected chi connectivity index (χ3v) is 1.99. The summed E-state index contributed by atoms with van der Waals surface area (Å²) in [6.45, 7) is 0.995. The summed E-state index contributed by atoms with van der Waals surface area (Å²) in [4.78, 5) is 11.3. The second-order valence-corrected chi connectivity index (χ2v) is 3.36. The van der Waals surface area contributed by atoms with Crippen molar-refractivity contribution in [3.8, 4) is 0 Å². The molecule has 0 aliphatic heterocycles. The quantitative estimate of drug-likeness (QED) is 0.779. The summed E-state index contributed by atoms with van der Waals surface area (Å²) in [6, 6.07) is 2.69. The van der Waals surface area contributed by atoms with E-state index in [0.29, 0.717) is 19.6 Å². The van der Waals surface area contributed by atoms with E-state index in [0.717, 1.165) is 12.1 Å². The predicted octanol–water partition coefficient (Wildman–Crippen LogP) is 2.12. The summed E-state index contributed by atoms with van der Waals surface area (Å²) >= 11 is 0. The van der Waals surface area contributed by atoms with Gasteiger partial charge in [-0.3, -0.25) is 0 Å². The van der Waals surface area contributed by atoms with Gasteiger partial charge in [0, 0.05) is 32.0 Å². The zero-order valence-corrected chi connectivity index (χ0v) is 9.43. The maximum atomic E-state index is 12.8. The Labute approximate surface area is 98.0 Å². The third kappa shape index (κ3) is 4.78. The van der Waals surface area contributed by atoms with Crippen LogP contribution in [0.4, 0.5) is 19.3 Å². The molecule has 2 amide bonds. The van der Waals surface area contributed by atoms with Crippen molar-refractivity contribution in [3.05, 3.63) is 29.8 Å². The first-order chi connectivity index (χ1) is 8.13. The summed E-state index contributed by atoms with van der Waals surface area (Å²) in [5, 5.41) is 4.94. The number of nitrogens with one attached hydrogen (secondary N) is 2. The van der Waals surface area contributed by atoms with Crippen LogP contribution in [0.15, 0.2) is 18.2 Å². The molecule has 6 heteroatoms. The SMILES string of the molecule is COCCCNC(=O)Nc1ccc(F)c(F)c1. The molecule has 0 spiro atoms. The average molecular weight is 244 g/mol. The molecule has 1 aromatic rings. The van der Waals surface area contributed by atoms with Gasteiger partial charge < -0.3 is 15.4 Å². The van der Waals surface area contributed by atoms with E-state index in [2.05, 4.69) is 10.6 Å². The number of halogens is 2. The lowest BCUT2D eigenvalue weighted by molar-refractivity contribution is 0.194. The number of rotatable bonds is 5. The number of anilines is 1. The zero-order chi connectivity index (χ0) is 12.7. The summed E-state index contributed by atoms with van der Waals surface area (Å²) in [5.74, 6) is -1.95. The summed E-state index contributed by atoms with van der Waals surface area (Å²) < 4.78 is 30.2. The Balaban J connectivity index is 2.37. The topological polar surface area (TPSA) is 50.4 Å². The van der Waals surface area contributed by atoms with Crippen LogP contribution in [-0.2, 0) is 4.74 Å². The van der Waals surface area contributed by atoms with E-state index in [-0.39, 0.29) is 5.69 Å². The minimum absolute atomic E-state index is 0.202. The lowest BCUT2D eigenvalue weighted by Gasteiger charge is -2.07. The molecule has 4 nitrogen and oxygen atoms in total. The number of carbonyl (C=O) groups excluding carboxylic acids is 1. The molecule has 94 valence electrons. The van der Waals surface area contributed by atoms with Crippen molar-refractivity contribution < 1.29 is 18.3 Å². The van der Waals surface area contributed by atoms with Gasteiger partial charge in [-0.15, -0.1) is 0 Å². The predicted molar refractivity (Wildman–Crippen MR) is 59.9 cm³/mol. The van der Waals surface area contributed by atoms with Crippen molar-refractivity contribution in [2.75, 3.05) is 25.6 Å². The van der Waals surface area contributed by atoms with Gasteiger partial charge in [0.2, 0.25) is 0 Å². The van der Waals surface area contributed by atoms with Gasteiger partial charge in [-0.25, -0.2) is 13.6 Å². The van der Waals surface area contributed by atoms with E-state index in [1.165, 1.54) is 6.07 Å². The molecule has 0 unspecified atom stereocenters. The minimum atomic E-state index is -0.998. The van der Waals surface area contributed by atoms with Crippen LogP contribution in [0.3, 0.4) is 0 Å². The Morgan fingerprint density at radius 3 is 2.76 bits per heavy atom. The van der Waals surface area contributed by atoms with E-state index < -0.39 is 17.7 Å². The Morgan fingerprint density at radius 2 is 2.12 bits per heavy atom. The Kier molecular flexibility index (Phi) is 5.35. The van der Waals surface area contributed by atoms with Crippen molar-refractivity contribution in [1.29, 1.82) is 0 Å². The second kappa shape index (κ2) is 6.80. The lowest BCUT2D eigenvalue weighted by Crippen LogP contribution is -2.30. The van der Waals surface area contributed by atoms with Crippen LogP contribution >= 0.6 is 0 Å². The molecule has 2 N–H and O–H groups in total. The first-order valence-corrected chi connectivity index (χ1v) is 5.12. The summed E-state index contributed by atoms with van der Waals surface area (Å²) in [5.41, 5.74) is 0.202. The highest BCUT2D eigenvalue weighted by atomic mass is 19.2. The number of amides is 2. The molecule has 1 rings (SSSR count). The molecular formula is C11H14F2N2O2. The maximum Gasteiger partial charge on any atom is 0.319 e. The molecule has 0 aliphatic rings. The highest BCUT2D eigenvalue weighted by molar-refractivity contribution is 5.89. The number of hydrogen-bond donors (Lipinski definition) is 2. The van der Waals surface area contributed by atoms with Crippen LogP contribution in [0.2, 0.25) is 0 Å². The van der Waals surface area contributed by atoms with Crippen LogP contribution in [0.5, 0.6) is 0 Å². The van der Waals surface area contributed by atoms with E-state index in [1.807, 2.05) is 0 Å². The fraction of sp³-hybridized carbons (Fsp3) is 0.364. The molecule has 0 fully saturated rings. The van der Waals surface area contributed by atoms with Crippen molar-refractivity contribution in [2.45, 2.75) is 6.42 Å². The number of ether oxygens (including phenoxy) is 1. The van der Waals surface area contributed by atoms with Gasteiger partial charge in [0.25, 0.3) is 0 Å². The monoisotopic (exact) mass is 244 g/mol. The van der Waals surface area contributed by atoms with Gasteiger partial charge >= 0.3 is 6.03 Å². The van der Waals surface area contributed by atoms with Crippen molar-refractivity contribution >= 4 is 11.7 Å². The molecule has 0 radical (unpaired) electrons. The first kappa shape index (κ1) is 13.4. The van der Waals surface area contributed by atoms with Gasteiger partial charge in [-0.05, 0) is 18.6 Å². The van der Waals surface area contributed by atoms with Gasteiger partial charge in [0.15, 0.2) is 11.6 Å². The summed E-state index contributed by atoms with van der Waals surface area (Å²) in [6.07, 6.45) is 0.682. The van der Waals surface area contributed by atoms with Crippen LogP contribution < -0.4 is 10.6 Å². The Bertz CT molecular complexity index is 386. The molecular weight excluding hydrogens is 230 g/mol. The second-order valence-electron chi connectivity index (χ2n) is 3.36. The number of hydrogen-bond acceptors (Lipinski definition) is 2. The fourth-order valence-electron chi connectivity index (χ4n) is 1.17. The van der Waals surface area contributed by atoms with Crippen LogP contribution in [0.25, 0.3) is 0 Å². The standard InChI is InChI=1S/C11H14F2N2O2/c1-17-6-2-5-14-11(16)15-8-3-4-9(12)10(13)7-8/h3-4,7H,2,5-6H2,1H3,(H2,14,15,16). The van der Waals surface area contributed by atoms with Gasteiger partial charge in [0.05, 0.1) is 0 Å². The number of urea groups is 1. The maximum absolute atomic E-state index is 12.8. The number of methoxy groups -OCH3 is 1. The normalized spacial score (nSPS) is 10.1. The van der Waals surface area contributed by atoms with E-state index in [9.17, 15) is 13.6 Å². The molecule has 0 saturated carbocycles. The van der Waals surface area contributed by atoms with Crippen LogP contribution in [0.1, 0.15) is 6.42 Å². The van der Waals surface area contributed by atoms with Gasteiger partial charge in [-0.2, -0.15) is 0 Å². The number of carbonyl (C=O) groups is 1. The molecule has 0 aromatic heterocycles. The molecule has 0 heterocycles. The van der Waals surface area contributed by atoms with E-state index in [4.69, 9.17) is 4.74 Å². The largest absolute Gasteiger partial charge is 0.385 e. The van der Waals surface area contributed by atoms with Crippen molar-refractivity contribution in [2.24, 2.45) is 0 Å². The molecule has 17 heavy (non-hydrogen) atoms. The van der Waals surface area contributed by atoms with E-state index >= 15 is 0 Å².